The van der Waals surface area contributed by atoms with Crippen molar-refractivity contribution < 1.29 is 24.0 Å². The zero-order valence-electron chi connectivity index (χ0n) is 14.1. The Hall–Kier alpha value is -3.62. The number of nitro groups is 1. The van der Waals surface area contributed by atoms with Crippen LogP contribution < -0.4 is 20.5 Å². The molecule has 0 spiro atoms. The Labute approximate surface area is 148 Å². The topological polar surface area (TPSA) is 134 Å². The lowest BCUT2D eigenvalue weighted by Gasteiger charge is -2.16. The minimum Gasteiger partial charge on any atom is -0.493 e. The molecule has 0 unspecified atom stereocenters. The summed E-state index contributed by atoms with van der Waals surface area (Å²) in [5.41, 5.74) is 5.73. The van der Waals surface area contributed by atoms with Crippen molar-refractivity contribution in [3.63, 3.8) is 0 Å². The molecule has 2 amide bonds. The van der Waals surface area contributed by atoms with E-state index in [1.54, 1.807) is 0 Å². The molecule has 0 saturated carbocycles. The highest BCUT2D eigenvalue weighted by Gasteiger charge is 2.19. The SMILES string of the molecule is COc1ccc([N+](=O)[O-])cc1O[C@H](C)C(=O)Nc1ccc(C(N)=O)cc1. The number of nitrogens with two attached hydrogens (primary N) is 1. The molecule has 2 rings (SSSR count). The number of anilines is 1. The van der Waals surface area contributed by atoms with Gasteiger partial charge in [-0.05, 0) is 37.3 Å². The van der Waals surface area contributed by atoms with Crippen molar-refractivity contribution in [3.05, 3.63) is 58.1 Å². The highest BCUT2D eigenvalue weighted by atomic mass is 16.6. The second kappa shape index (κ2) is 7.97. The lowest BCUT2D eigenvalue weighted by atomic mass is 10.2. The van der Waals surface area contributed by atoms with E-state index in [2.05, 4.69) is 5.32 Å². The van der Waals surface area contributed by atoms with Crippen molar-refractivity contribution in [2.75, 3.05) is 12.4 Å². The summed E-state index contributed by atoms with van der Waals surface area (Å²) < 4.78 is 10.6. The van der Waals surface area contributed by atoms with Crippen LogP contribution in [-0.2, 0) is 4.79 Å². The number of hydrogen-bond acceptors (Lipinski definition) is 6. The Morgan fingerprint density at radius 1 is 1.15 bits per heavy atom. The summed E-state index contributed by atoms with van der Waals surface area (Å²) in [4.78, 5) is 33.6. The molecule has 3 N–H and O–H groups in total. The van der Waals surface area contributed by atoms with Gasteiger partial charge in [-0.1, -0.05) is 0 Å². The predicted molar refractivity (Wildman–Crippen MR) is 93.3 cm³/mol. The van der Waals surface area contributed by atoms with Crippen LogP contribution in [0.1, 0.15) is 17.3 Å². The van der Waals surface area contributed by atoms with Gasteiger partial charge in [0.25, 0.3) is 11.6 Å². The van der Waals surface area contributed by atoms with E-state index >= 15 is 0 Å². The maximum atomic E-state index is 12.3. The third-order valence-corrected chi connectivity index (χ3v) is 3.47. The molecular weight excluding hydrogens is 342 g/mol. The van der Waals surface area contributed by atoms with Crippen LogP contribution in [0, 0.1) is 10.1 Å². The van der Waals surface area contributed by atoms with Gasteiger partial charge in [-0.25, -0.2) is 0 Å². The van der Waals surface area contributed by atoms with Gasteiger partial charge in [0.15, 0.2) is 17.6 Å². The van der Waals surface area contributed by atoms with Crippen LogP contribution in [0.4, 0.5) is 11.4 Å². The maximum absolute atomic E-state index is 12.3. The first-order valence-electron chi connectivity index (χ1n) is 7.51. The zero-order chi connectivity index (χ0) is 19.3. The van der Waals surface area contributed by atoms with Gasteiger partial charge in [0, 0.05) is 17.3 Å². The van der Waals surface area contributed by atoms with E-state index in [9.17, 15) is 19.7 Å². The van der Waals surface area contributed by atoms with Crippen LogP contribution in [-0.4, -0.2) is 30.0 Å². The standard InChI is InChI=1S/C17H17N3O6/c1-10(17(22)19-12-5-3-11(4-6-12)16(18)21)26-15-9-13(20(23)24)7-8-14(15)25-2/h3-10H,1-2H3,(H2,18,21)(H,19,22)/t10-/m1/s1. The number of carbonyl (C=O) groups is 2. The highest BCUT2D eigenvalue weighted by molar-refractivity contribution is 5.96. The van der Waals surface area contributed by atoms with Crippen molar-refractivity contribution >= 4 is 23.2 Å². The van der Waals surface area contributed by atoms with Crippen LogP contribution in [0.25, 0.3) is 0 Å². The molecule has 2 aromatic carbocycles. The first kappa shape index (κ1) is 18.7. The summed E-state index contributed by atoms with van der Waals surface area (Å²) in [5.74, 6) is -0.711. The molecule has 0 aliphatic heterocycles. The quantitative estimate of drug-likeness (QED) is 0.574. The van der Waals surface area contributed by atoms with Crippen molar-refractivity contribution in [2.45, 2.75) is 13.0 Å². The smallest absolute Gasteiger partial charge is 0.273 e. The molecule has 0 aliphatic carbocycles. The molecule has 0 heterocycles. The fraction of sp³-hybridized carbons (Fsp3) is 0.176. The molecular formula is C17H17N3O6. The van der Waals surface area contributed by atoms with Crippen LogP contribution in [0.3, 0.4) is 0 Å². The Kier molecular flexibility index (Phi) is 5.74. The van der Waals surface area contributed by atoms with Gasteiger partial charge in [-0.3, -0.25) is 19.7 Å². The minimum atomic E-state index is -0.957. The van der Waals surface area contributed by atoms with Gasteiger partial charge in [0.1, 0.15) is 0 Å². The third kappa shape index (κ3) is 4.47. The summed E-state index contributed by atoms with van der Waals surface area (Å²) in [6, 6.07) is 9.86. The predicted octanol–water partition coefficient (Wildman–Crippen LogP) is 2.11. The summed E-state index contributed by atoms with van der Waals surface area (Å²) in [7, 11) is 1.39. The van der Waals surface area contributed by atoms with E-state index in [-0.39, 0.29) is 17.2 Å². The lowest BCUT2D eigenvalue weighted by Crippen LogP contribution is -2.30. The number of amides is 2. The number of primary amides is 1. The van der Waals surface area contributed by atoms with Gasteiger partial charge in [-0.2, -0.15) is 0 Å². The normalized spacial score (nSPS) is 11.3. The number of hydrogen-bond donors (Lipinski definition) is 2. The number of non-ortho nitro benzene ring substituents is 1. The lowest BCUT2D eigenvalue weighted by molar-refractivity contribution is -0.385. The van der Waals surface area contributed by atoms with E-state index in [1.165, 1.54) is 56.5 Å². The first-order valence-corrected chi connectivity index (χ1v) is 7.51. The number of ether oxygens (including phenoxy) is 2. The molecule has 9 nitrogen and oxygen atoms in total. The molecule has 0 aliphatic rings. The molecule has 9 heteroatoms. The Balaban J connectivity index is 2.10. The van der Waals surface area contributed by atoms with Crippen molar-refractivity contribution in [1.82, 2.24) is 0 Å². The second-order valence-electron chi connectivity index (χ2n) is 5.28. The van der Waals surface area contributed by atoms with Crippen molar-refractivity contribution in [1.29, 1.82) is 0 Å². The fourth-order valence-electron chi connectivity index (χ4n) is 2.08. The molecule has 0 fully saturated rings. The summed E-state index contributed by atoms with van der Waals surface area (Å²) >= 11 is 0. The molecule has 0 radical (unpaired) electrons. The van der Waals surface area contributed by atoms with Gasteiger partial charge in [0.2, 0.25) is 5.91 Å². The fourth-order valence-corrected chi connectivity index (χ4v) is 2.08. The number of benzene rings is 2. The number of methoxy groups -OCH3 is 1. The summed E-state index contributed by atoms with van der Waals surface area (Å²) in [6.45, 7) is 1.49. The minimum absolute atomic E-state index is 0.0772. The van der Waals surface area contributed by atoms with E-state index in [0.717, 1.165) is 0 Å². The average Bonchev–Trinajstić information content (AvgIpc) is 2.61. The van der Waals surface area contributed by atoms with E-state index in [4.69, 9.17) is 15.2 Å². The zero-order valence-corrected chi connectivity index (χ0v) is 14.1. The second-order valence-corrected chi connectivity index (χ2v) is 5.28. The molecule has 136 valence electrons. The molecule has 0 aromatic heterocycles. The maximum Gasteiger partial charge on any atom is 0.273 e. The van der Waals surface area contributed by atoms with Gasteiger partial charge < -0.3 is 20.5 Å². The van der Waals surface area contributed by atoms with Crippen LogP contribution >= 0.6 is 0 Å². The molecule has 2 aromatic rings. The van der Waals surface area contributed by atoms with Crippen LogP contribution in [0.5, 0.6) is 11.5 Å². The van der Waals surface area contributed by atoms with E-state index in [1.807, 2.05) is 0 Å². The van der Waals surface area contributed by atoms with Gasteiger partial charge >= 0.3 is 0 Å². The number of nitrogens with zero attached hydrogens (tertiary/aromatic N) is 1. The highest BCUT2D eigenvalue weighted by Crippen LogP contribution is 2.32. The van der Waals surface area contributed by atoms with Gasteiger partial charge in [0.05, 0.1) is 18.1 Å². The Morgan fingerprint density at radius 2 is 1.81 bits per heavy atom. The third-order valence-electron chi connectivity index (χ3n) is 3.47. The Bertz CT molecular complexity index is 835. The van der Waals surface area contributed by atoms with Crippen molar-refractivity contribution in [2.24, 2.45) is 5.73 Å². The largest absolute Gasteiger partial charge is 0.493 e. The average molecular weight is 359 g/mol. The van der Waals surface area contributed by atoms with E-state index < -0.39 is 22.8 Å². The molecule has 26 heavy (non-hydrogen) atoms. The number of rotatable bonds is 7. The first-order chi connectivity index (χ1) is 12.3. The number of nitrogens with one attached hydrogen (secondary N) is 1. The van der Waals surface area contributed by atoms with Crippen LogP contribution in [0.15, 0.2) is 42.5 Å². The molecule has 0 saturated heterocycles. The van der Waals surface area contributed by atoms with Crippen molar-refractivity contribution in [3.8, 4) is 11.5 Å². The van der Waals surface area contributed by atoms with Gasteiger partial charge in [-0.15, -0.1) is 0 Å². The molecule has 1 atom stereocenters. The molecule has 0 bridgehead atoms. The number of nitro benzene ring substituents is 1. The monoisotopic (exact) mass is 359 g/mol. The van der Waals surface area contributed by atoms with Crippen LogP contribution in [0.2, 0.25) is 0 Å². The Morgan fingerprint density at radius 3 is 2.35 bits per heavy atom. The summed E-state index contributed by atoms with van der Waals surface area (Å²) in [6.07, 6.45) is -0.957. The van der Waals surface area contributed by atoms with E-state index in [0.29, 0.717) is 11.3 Å². The number of carbonyl (C=O) groups excluding carboxylic acids is 2. The summed E-state index contributed by atoms with van der Waals surface area (Å²) in [5, 5.41) is 13.5.